The standard InChI is InChI=1S/C20H16FNS/c1-13-3-9-17-18-10-8-16(12-20(18)23-19(17)11-13)22(2)15-6-4-14(21)5-7-15/h3-12H,1-2H3. The Labute approximate surface area is 138 Å². The number of rotatable bonds is 2. The molecule has 0 N–H and O–H groups in total. The normalized spacial score (nSPS) is 11.3. The molecule has 0 bridgehead atoms. The van der Waals surface area contributed by atoms with Crippen molar-refractivity contribution in [1.29, 1.82) is 0 Å². The van der Waals surface area contributed by atoms with Crippen molar-refractivity contribution >= 4 is 42.9 Å². The van der Waals surface area contributed by atoms with Crippen molar-refractivity contribution in [2.24, 2.45) is 0 Å². The Balaban J connectivity index is 1.82. The molecule has 0 aliphatic heterocycles. The van der Waals surface area contributed by atoms with Gasteiger partial charge in [0.15, 0.2) is 0 Å². The fourth-order valence-corrected chi connectivity index (χ4v) is 4.13. The highest BCUT2D eigenvalue weighted by Gasteiger charge is 2.09. The molecule has 0 spiro atoms. The predicted molar refractivity (Wildman–Crippen MR) is 98.5 cm³/mol. The fourth-order valence-electron chi connectivity index (χ4n) is 2.90. The summed E-state index contributed by atoms with van der Waals surface area (Å²) in [7, 11) is 2.01. The van der Waals surface area contributed by atoms with Gasteiger partial charge >= 0.3 is 0 Å². The summed E-state index contributed by atoms with van der Waals surface area (Å²) in [6.45, 7) is 2.12. The van der Waals surface area contributed by atoms with Gasteiger partial charge in [-0.2, -0.15) is 0 Å². The van der Waals surface area contributed by atoms with Crippen LogP contribution in [0, 0.1) is 12.7 Å². The minimum absolute atomic E-state index is 0.211. The van der Waals surface area contributed by atoms with Crippen molar-refractivity contribution in [2.45, 2.75) is 6.92 Å². The first kappa shape index (κ1) is 14.2. The van der Waals surface area contributed by atoms with Crippen molar-refractivity contribution in [1.82, 2.24) is 0 Å². The number of hydrogen-bond acceptors (Lipinski definition) is 2. The van der Waals surface area contributed by atoms with Gasteiger partial charge in [-0.1, -0.05) is 18.2 Å². The molecule has 4 rings (SSSR count). The first-order chi connectivity index (χ1) is 11.1. The SMILES string of the molecule is Cc1ccc2c(c1)sc1cc(N(C)c3ccc(F)cc3)ccc12. The summed E-state index contributed by atoms with van der Waals surface area (Å²) in [5.74, 6) is -0.211. The predicted octanol–water partition coefficient (Wildman–Crippen LogP) is 6.27. The monoisotopic (exact) mass is 321 g/mol. The van der Waals surface area contributed by atoms with E-state index >= 15 is 0 Å². The first-order valence-corrected chi connectivity index (χ1v) is 8.36. The summed E-state index contributed by atoms with van der Waals surface area (Å²) in [4.78, 5) is 2.08. The van der Waals surface area contributed by atoms with E-state index in [1.54, 1.807) is 12.1 Å². The van der Waals surface area contributed by atoms with E-state index in [0.29, 0.717) is 0 Å². The number of halogens is 1. The van der Waals surface area contributed by atoms with Gasteiger partial charge in [0.2, 0.25) is 0 Å². The second kappa shape index (κ2) is 5.36. The van der Waals surface area contributed by atoms with Crippen LogP contribution in [0.1, 0.15) is 5.56 Å². The first-order valence-electron chi connectivity index (χ1n) is 7.54. The molecule has 0 unspecified atom stereocenters. The average Bonchev–Trinajstić information content (AvgIpc) is 2.91. The summed E-state index contributed by atoms with van der Waals surface area (Å²) in [6, 6.07) is 19.7. The van der Waals surface area contributed by atoms with Crippen LogP contribution in [0.15, 0.2) is 60.7 Å². The maximum Gasteiger partial charge on any atom is 0.123 e. The average molecular weight is 321 g/mol. The van der Waals surface area contributed by atoms with Gasteiger partial charge in [0.05, 0.1) is 0 Å². The van der Waals surface area contributed by atoms with Crippen LogP contribution in [-0.2, 0) is 0 Å². The highest BCUT2D eigenvalue weighted by molar-refractivity contribution is 7.25. The van der Waals surface area contributed by atoms with Crippen LogP contribution in [0.25, 0.3) is 20.2 Å². The molecule has 1 aromatic heterocycles. The molecule has 0 fully saturated rings. The third kappa shape index (κ3) is 2.47. The van der Waals surface area contributed by atoms with E-state index in [1.807, 2.05) is 18.4 Å². The van der Waals surface area contributed by atoms with Crippen LogP contribution in [0.3, 0.4) is 0 Å². The Bertz CT molecular complexity index is 1000. The second-order valence-electron chi connectivity index (χ2n) is 5.82. The minimum atomic E-state index is -0.211. The fraction of sp³-hybridized carbons (Fsp3) is 0.100. The molecule has 1 heterocycles. The van der Waals surface area contributed by atoms with Crippen molar-refractivity contribution in [3.05, 3.63) is 72.0 Å². The lowest BCUT2D eigenvalue weighted by atomic mass is 10.1. The third-order valence-electron chi connectivity index (χ3n) is 4.21. The van der Waals surface area contributed by atoms with Crippen LogP contribution < -0.4 is 4.90 Å². The highest BCUT2D eigenvalue weighted by Crippen LogP contribution is 2.37. The van der Waals surface area contributed by atoms with E-state index in [2.05, 4.69) is 48.2 Å². The van der Waals surface area contributed by atoms with E-state index in [-0.39, 0.29) is 5.82 Å². The Morgan fingerprint density at radius 2 is 1.39 bits per heavy atom. The molecule has 23 heavy (non-hydrogen) atoms. The van der Waals surface area contributed by atoms with Crippen molar-refractivity contribution in [3.63, 3.8) is 0 Å². The molecule has 114 valence electrons. The third-order valence-corrected chi connectivity index (χ3v) is 5.33. The molecule has 3 aromatic carbocycles. The largest absolute Gasteiger partial charge is 0.345 e. The maximum absolute atomic E-state index is 13.1. The number of anilines is 2. The van der Waals surface area contributed by atoms with E-state index < -0.39 is 0 Å². The number of aryl methyl sites for hydroxylation is 1. The lowest BCUT2D eigenvalue weighted by Gasteiger charge is -2.19. The Kier molecular flexibility index (Phi) is 3.31. The summed E-state index contributed by atoms with van der Waals surface area (Å²) in [5, 5.41) is 2.60. The van der Waals surface area contributed by atoms with Crippen LogP contribution >= 0.6 is 11.3 Å². The van der Waals surface area contributed by atoms with E-state index in [0.717, 1.165) is 11.4 Å². The molecule has 0 radical (unpaired) electrons. The second-order valence-corrected chi connectivity index (χ2v) is 6.90. The van der Waals surface area contributed by atoms with Gasteiger partial charge in [-0.15, -0.1) is 11.3 Å². The zero-order valence-corrected chi connectivity index (χ0v) is 13.8. The molecular formula is C20H16FNS. The zero-order chi connectivity index (χ0) is 16.0. The topological polar surface area (TPSA) is 3.24 Å². The van der Waals surface area contributed by atoms with Gasteiger partial charge in [0, 0.05) is 38.6 Å². The highest BCUT2D eigenvalue weighted by atomic mass is 32.1. The molecule has 1 nitrogen and oxygen atoms in total. The van der Waals surface area contributed by atoms with Gasteiger partial charge in [-0.05, 0) is 55.0 Å². The van der Waals surface area contributed by atoms with Gasteiger partial charge in [0.1, 0.15) is 5.82 Å². The minimum Gasteiger partial charge on any atom is -0.345 e. The number of benzene rings is 3. The summed E-state index contributed by atoms with van der Waals surface area (Å²) in [5.41, 5.74) is 3.36. The molecular weight excluding hydrogens is 305 g/mol. The molecule has 0 aliphatic carbocycles. The van der Waals surface area contributed by atoms with Gasteiger partial charge < -0.3 is 4.90 Å². The molecule has 0 aliphatic rings. The quantitative estimate of drug-likeness (QED) is 0.420. The van der Waals surface area contributed by atoms with E-state index in [1.165, 1.54) is 37.9 Å². The Morgan fingerprint density at radius 1 is 0.783 bits per heavy atom. The van der Waals surface area contributed by atoms with Crippen molar-refractivity contribution in [2.75, 3.05) is 11.9 Å². The molecule has 4 aromatic rings. The number of nitrogens with zero attached hydrogens (tertiary/aromatic N) is 1. The van der Waals surface area contributed by atoms with E-state index in [9.17, 15) is 4.39 Å². The molecule has 0 atom stereocenters. The van der Waals surface area contributed by atoms with Crippen molar-refractivity contribution in [3.8, 4) is 0 Å². The molecule has 3 heteroatoms. The zero-order valence-electron chi connectivity index (χ0n) is 13.0. The molecule has 0 saturated carbocycles. The lowest BCUT2D eigenvalue weighted by Crippen LogP contribution is -2.08. The summed E-state index contributed by atoms with van der Waals surface area (Å²) in [6.07, 6.45) is 0. The van der Waals surface area contributed by atoms with Crippen LogP contribution in [0.4, 0.5) is 15.8 Å². The smallest absolute Gasteiger partial charge is 0.123 e. The molecule has 0 amide bonds. The maximum atomic E-state index is 13.1. The number of fused-ring (bicyclic) bond motifs is 3. The van der Waals surface area contributed by atoms with E-state index in [4.69, 9.17) is 0 Å². The van der Waals surface area contributed by atoms with Crippen LogP contribution in [0.2, 0.25) is 0 Å². The van der Waals surface area contributed by atoms with Gasteiger partial charge in [0.25, 0.3) is 0 Å². The van der Waals surface area contributed by atoms with Gasteiger partial charge in [-0.3, -0.25) is 0 Å². The molecule has 0 saturated heterocycles. The number of thiophene rings is 1. The van der Waals surface area contributed by atoms with Crippen LogP contribution in [0.5, 0.6) is 0 Å². The lowest BCUT2D eigenvalue weighted by molar-refractivity contribution is 0.628. The summed E-state index contributed by atoms with van der Waals surface area (Å²) >= 11 is 1.82. The van der Waals surface area contributed by atoms with Crippen LogP contribution in [-0.4, -0.2) is 7.05 Å². The van der Waals surface area contributed by atoms with Gasteiger partial charge in [-0.25, -0.2) is 4.39 Å². The summed E-state index contributed by atoms with van der Waals surface area (Å²) < 4.78 is 15.7. The number of hydrogen-bond donors (Lipinski definition) is 0. The van der Waals surface area contributed by atoms with Crippen molar-refractivity contribution < 1.29 is 4.39 Å². The Morgan fingerprint density at radius 3 is 2.13 bits per heavy atom. The Hall–Kier alpha value is -2.39.